The Hall–Kier alpha value is -8.18. The molecule has 4 amide bonds. The van der Waals surface area contributed by atoms with E-state index in [1.54, 1.807) is 38.2 Å². The number of hydrogen-bond acceptors (Lipinski definition) is 9. The van der Waals surface area contributed by atoms with Gasteiger partial charge in [0.1, 0.15) is 45.7 Å². The van der Waals surface area contributed by atoms with Gasteiger partial charge in [-0.25, -0.2) is 19.0 Å². The molecule has 2 aliphatic heterocycles. The van der Waals surface area contributed by atoms with Gasteiger partial charge in [-0.3, -0.25) is 20.0 Å². The number of methoxy groups -OCH3 is 1. The zero-order valence-corrected chi connectivity index (χ0v) is 41.8. The van der Waals surface area contributed by atoms with Gasteiger partial charge in [0.25, 0.3) is 0 Å². The number of ether oxygens (including phenoxy) is 3. The largest absolute Gasteiger partial charge is 0.487 e. The molecule has 4 aromatic carbocycles. The van der Waals surface area contributed by atoms with E-state index in [-0.39, 0.29) is 35.3 Å². The molecule has 374 valence electrons. The average Bonchev–Trinajstić information content (AvgIpc) is 4.17. The predicted molar refractivity (Wildman–Crippen MR) is 278 cm³/mol. The lowest BCUT2D eigenvalue weighted by atomic mass is 9.73. The Bertz CT molecular complexity index is 3290. The summed E-state index contributed by atoms with van der Waals surface area (Å²) >= 11 is 0. The van der Waals surface area contributed by atoms with Crippen molar-refractivity contribution < 1.29 is 23.8 Å². The highest BCUT2D eigenvalue weighted by atomic mass is 16.5. The second-order valence-corrected chi connectivity index (χ2v) is 19.8. The van der Waals surface area contributed by atoms with Crippen molar-refractivity contribution in [2.45, 2.75) is 95.1 Å². The maximum Gasteiger partial charge on any atom is 0.320 e. The van der Waals surface area contributed by atoms with Crippen LogP contribution in [0.3, 0.4) is 0 Å². The van der Waals surface area contributed by atoms with Crippen LogP contribution in [-0.2, 0) is 25.4 Å². The third kappa shape index (κ3) is 9.43. The van der Waals surface area contributed by atoms with Gasteiger partial charge in [-0.2, -0.15) is 20.4 Å². The van der Waals surface area contributed by atoms with Gasteiger partial charge in [0.05, 0.1) is 42.5 Å². The molecule has 17 nitrogen and oxygen atoms in total. The van der Waals surface area contributed by atoms with E-state index in [1.807, 2.05) is 137 Å². The summed E-state index contributed by atoms with van der Waals surface area (Å²) < 4.78 is 25.2. The Kier molecular flexibility index (Phi) is 12.6. The van der Waals surface area contributed by atoms with E-state index in [2.05, 4.69) is 37.5 Å². The van der Waals surface area contributed by atoms with Gasteiger partial charge >= 0.3 is 12.1 Å². The minimum absolute atomic E-state index is 0.119. The number of nitrogens with zero attached hydrogens (tertiary/aromatic N) is 8. The molecule has 8 aromatic rings. The Morgan fingerprint density at radius 3 is 1.55 bits per heavy atom. The van der Waals surface area contributed by atoms with Crippen LogP contribution >= 0.6 is 0 Å². The number of benzene rings is 4. The van der Waals surface area contributed by atoms with Crippen LogP contribution in [-0.4, -0.2) is 69.5 Å². The van der Waals surface area contributed by atoms with Gasteiger partial charge in [-0.05, 0) is 100 Å². The van der Waals surface area contributed by atoms with Crippen molar-refractivity contribution in [3.8, 4) is 45.4 Å². The number of urea groups is 2. The molecule has 73 heavy (non-hydrogen) atoms. The molecular formula is C56H60N12O5. The smallest absolute Gasteiger partial charge is 0.320 e. The number of aryl methyl sites for hydroxylation is 2. The topological polar surface area (TPSA) is 181 Å². The second kappa shape index (κ2) is 19.4. The number of carbonyl (C=O) groups is 2. The van der Waals surface area contributed by atoms with Crippen molar-refractivity contribution >= 4 is 23.7 Å². The average molecular weight is 981 g/mol. The van der Waals surface area contributed by atoms with Gasteiger partial charge in [0, 0.05) is 79.8 Å². The van der Waals surface area contributed by atoms with E-state index in [1.165, 1.54) is 0 Å². The van der Waals surface area contributed by atoms with Gasteiger partial charge < -0.3 is 24.8 Å². The van der Waals surface area contributed by atoms with Crippen LogP contribution < -0.4 is 30.7 Å². The Balaban J connectivity index is 0.000000158. The minimum atomic E-state index is -0.285. The number of para-hydroxylation sites is 3. The van der Waals surface area contributed by atoms with Crippen LogP contribution in [0.2, 0.25) is 0 Å². The standard InChI is InChI=1S/C29H32N6O3.C27H28N6O2/c1-19-26(21-16-30-34(2)17-21)33-35(22-8-5-4-6-9-22)27(19)32-28(36)31-24-15-29(12-7-13-29)38-25-11-10-20(18-37-3)14-23(24)25;1-18-24(19-16-28-32(2)17-19)31-33(20-9-4-3-5-10-20)25(18)30-26(34)29-22-15-27(13-8-14-27)35-23-12-7-6-11-21(22)23/h4-6,8-11,14,16-17,24H,7,12-13,15,18H2,1-3H3,(H2,31,32,36);3-7,9-12,16-17,22H,8,13-15H2,1-2H3,(H2,29,30,34). The number of aromatic nitrogens is 8. The van der Waals surface area contributed by atoms with Gasteiger partial charge in [-0.1, -0.05) is 60.7 Å². The van der Waals surface area contributed by atoms with Crippen LogP contribution in [0, 0.1) is 13.8 Å². The van der Waals surface area contributed by atoms with Crippen LogP contribution in [0.15, 0.2) is 128 Å². The lowest BCUT2D eigenvalue weighted by Gasteiger charge is -2.48. The Morgan fingerprint density at radius 2 is 1.10 bits per heavy atom. The zero-order chi connectivity index (χ0) is 50.3. The monoisotopic (exact) mass is 980 g/mol. The van der Waals surface area contributed by atoms with Crippen molar-refractivity contribution in [1.82, 2.24) is 49.8 Å². The first-order chi connectivity index (χ1) is 35.5. The van der Waals surface area contributed by atoms with Crippen molar-refractivity contribution in [3.05, 3.63) is 156 Å². The molecule has 2 aliphatic carbocycles. The molecule has 17 heteroatoms. The highest BCUT2D eigenvalue weighted by Gasteiger charge is 2.47. The van der Waals surface area contributed by atoms with Gasteiger partial charge in [-0.15, -0.1) is 0 Å². The first-order valence-electron chi connectivity index (χ1n) is 25.0. The summed E-state index contributed by atoms with van der Waals surface area (Å²) in [6.45, 7) is 4.44. The Morgan fingerprint density at radius 1 is 0.630 bits per heavy atom. The maximum absolute atomic E-state index is 13.6. The second-order valence-electron chi connectivity index (χ2n) is 19.8. The maximum atomic E-state index is 13.6. The molecule has 2 unspecified atom stereocenters. The fourth-order valence-electron chi connectivity index (χ4n) is 10.6. The molecular weight excluding hydrogens is 921 g/mol. The zero-order valence-electron chi connectivity index (χ0n) is 41.8. The van der Waals surface area contributed by atoms with E-state index >= 15 is 0 Å². The normalized spacial score (nSPS) is 17.6. The lowest BCUT2D eigenvalue weighted by Crippen LogP contribution is -2.50. The molecule has 0 radical (unpaired) electrons. The van der Waals surface area contributed by atoms with Crippen molar-refractivity contribution in [3.63, 3.8) is 0 Å². The molecule has 4 aromatic heterocycles. The molecule has 2 fully saturated rings. The summed E-state index contributed by atoms with van der Waals surface area (Å²) in [7, 11) is 5.43. The van der Waals surface area contributed by atoms with E-state index < -0.39 is 0 Å². The van der Waals surface area contributed by atoms with Crippen molar-refractivity contribution in [1.29, 1.82) is 0 Å². The first-order valence-corrected chi connectivity index (χ1v) is 25.0. The van der Waals surface area contributed by atoms with Crippen LogP contribution in [0.4, 0.5) is 21.2 Å². The van der Waals surface area contributed by atoms with Crippen LogP contribution in [0.25, 0.3) is 33.9 Å². The van der Waals surface area contributed by atoms with E-state index in [4.69, 9.17) is 24.4 Å². The third-order valence-corrected chi connectivity index (χ3v) is 14.7. The SMILES string of the molecule is COCc1ccc2c(c1)C(NC(=O)Nc1c(C)c(-c3cnn(C)c3)nn1-c1ccccc1)CC1(CCC1)O2.Cc1c(-c2cnn(C)c2)nn(-c2ccccc2)c1NC(=O)NC1CC2(CCC2)Oc2ccccc21. The number of fused-ring (bicyclic) bond motifs is 2. The highest BCUT2D eigenvalue weighted by molar-refractivity contribution is 5.92. The fraction of sp³-hybridized carbons (Fsp3) is 0.321. The molecule has 2 spiro atoms. The Labute approximate surface area is 423 Å². The van der Waals surface area contributed by atoms with Crippen LogP contribution in [0.5, 0.6) is 11.5 Å². The quantitative estimate of drug-likeness (QED) is 0.104. The molecule has 4 aliphatic rings. The number of carbonyl (C=O) groups excluding carboxylic acids is 2. The lowest BCUT2D eigenvalue weighted by molar-refractivity contribution is -0.0357. The fourth-order valence-corrected chi connectivity index (χ4v) is 10.6. The number of hydrogen-bond donors (Lipinski definition) is 4. The van der Waals surface area contributed by atoms with Gasteiger partial charge in [0.15, 0.2) is 0 Å². The summed E-state index contributed by atoms with van der Waals surface area (Å²) in [6, 6.07) is 32.9. The molecule has 2 atom stereocenters. The molecule has 6 heterocycles. The van der Waals surface area contributed by atoms with E-state index in [0.717, 1.165) is 125 Å². The minimum Gasteiger partial charge on any atom is -0.487 e. The molecule has 12 rings (SSSR count). The van der Waals surface area contributed by atoms with Gasteiger partial charge in [0.2, 0.25) is 0 Å². The molecule has 4 N–H and O–H groups in total. The first kappa shape index (κ1) is 47.2. The summed E-state index contributed by atoms with van der Waals surface area (Å²) in [5.41, 5.74) is 9.47. The summed E-state index contributed by atoms with van der Waals surface area (Å²) in [4.78, 5) is 26.9. The molecule has 0 saturated heterocycles. The van der Waals surface area contributed by atoms with E-state index in [0.29, 0.717) is 18.2 Å². The number of anilines is 2. The van der Waals surface area contributed by atoms with Crippen molar-refractivity contribution in [2.75, 3.05) is 17.7 Å². The van der Waals surface area contributed by atoms with Crippen LogP contribution in [0.1, 0.15) is 91.3 Å². The number of rotatable bonds is 10. The summed E-state index contributed by atoms with van der Waals surface area (Å²) in [5.74, 6) is 2.95. The molecule has 2 saturated carbocycles. The van der Waals surface area contributed by atoms with Crippen molar-refractivity contribution in [2.24, 2.45) is 14.1 Å². The third-order valence-electron chi connectivity index (χ3n) is 14.7. The summed E-state index contributed by atoms with van der Waals surface area (Å²) in [5, 5.41) is 31.0. The number of amides is 4. The summed E-state index contributed by atoms with van der Waals surface area (Å²) in [6.07, 6.45) is 15.3. The van der Waals surface area contributed by atoms with E-state index in [9.17, 15) is 9.59 Å². The predicted octanol–water partition coefficient (Wildman–Crippen LogP) is 10.4. The highest BCUT2D eigenvalue weighted by Crippen LogP contribution is 2.50. The number of nitrogens with one attached hydrogen (secondary N) is 4. The molecule has 0 bridgehead atoms.